The first kappa shape index (κ1) is 15.3. The quantitative estimate of drug-likeness (QED) is 0.731. The molecule has 0 radical (unpaired) electrons. The number of aliphatic hydroxyl groups excluding tert-OH is 1. The van der Waals surface area contributed by atoms with Crippen molar-refractivity contribution in [1.29, 1.82) is 0 Å². The Hall–Kier alpha value is -1.11. The second kappa shape index (κ2) is 5.71. The van der Waals surface area contributed by atoms with E-state index in [9.17, 15) is 13.5 Å². The van der Waals surface area contributed by atoms with Gasteiger partial charge >= 0.3 is 0 Å². The number of hydrogen-bond acceptors (Lipinski definition) is 4. The Morgan fingerprint density at radius 3 is 2.55 bits per heavy atom. The van der Waals surface area contributed by atoms with Gasteiger partial charge in [-0.25, -0.2) is 13.1 Å². The van der Waals surface area contributed by atoms with Gasteiger partial charge in [0.05, 0.1) is 11.8 Å². The van der Waals surface area contributed by atoms with Gasteiger partial charge in [-0.2, -0.15) is 0 Å². The molecule has 1 aromatic carbocycles. The van der Waals surface area contributed by atoms with Crippen LogP contribution in [0.4, 0.5) is 5.69 Å². The minimum atomic E-state index is -3.59. The van der Waals surface area contributed by atoms with Gasteiger partial charge in [-0.15, -0.1) is 0 Å². The Morgan fingerprint density at radius 2 is 1.95 bits per heavy atom. The number of rotatable bonds is 4. The highest BCUT2D eigenvalue weighted by molar-refractivity contribution is 7.89. The molecular formula is C14H22N2O3S. The molecule has 2 atom stereocenters. The lowest BCUT2D eigenvalue weighted by molar-refractivity contribution is 0.178. The van der Waals surface area contributed by atoms with Crippen molar-refractivity contribution in [3.05, 3.63) is 23.3 Å². The van der Waals surface area contributed by atoms with E-state index in [-0.39, 0.29) is 22.6 Å². The van der Waals surface area contributed by atoms with Gasteiger partial charge in [0.15, 0.2) is 0 Å². The minimum Gasteiger partial charge on any atom is -0.398 e. The summed E-state index contributed by atoms with van der Waals surface area (Å²) < 4.78 is 27.2. The molecule has 6 heteroatoms. The van der Waals surface area contributed by atoms with Gasteiger partial charge in [0.2, 0.25) is 10.0 Å². The van der Waals surface area contributed by atoms with E-state index >= 15 is 0 Å². The van der Waals surface area contributed by atoms with E-state index < -0.39 is 10.0 Å². The normalized spacial score (nSPS) is 23.1. The first-order chi connectivity index (χ1) is 9.29. The van der Waals surface area contributed by atoms with Crippen molar-refractivity contribution in [2.24, 2.45) is 5.92 Å². The molecule has 4 N–H and O–H groups in total. The molecule has 2 rings (SSSR count). The molecule has 0 aliphatic heterocycles. The van der Waals surface area contributed by atoms with Gasteiger partial charge in [-0.1, -0.05) is 0 Å². The Morgan fingerprint density at radius 1 is 1.30 bits per heavy atom. The number of benzene rings is 1. The maximum Gasteiger partial charge on any atom is 0.242 e. The zero-order valence-electron chi connectivity index (χ0n) is 11.9. The van der Waals surface area contributed by atoms with Gasteiger partial charge in [0, 0.05) is 6.54 Å². The number of aryl methyl sites for hydroxylation is 2. The average Bonchev–Trinajstić information content (AvgIpc) is 2.77. The second-order valence-corrected chi connectivity index (χ2v) is 7.39. The fourth-order valence-corrected chi connectivity index (χ4v) is 3.90. The molecule has 1 aliphatic rings. The molecule has 112 valence electrons. The smallest absolute Gasteiger partial charge is 0.242 e. The molecule has 0 saturated heterocycles. The van der Waals surface area contributed by atoms with Crippen LogP contribution in [0.25, 0.3) is 0 Å². The third-order valence-electron chi connectivity index (χ3n) is 3.99. The van der Waals surface area contributed by atoms with Crippen LogP contribution >= 0.6 is 0 Å². The summed E-state index contributed by atoms with van der Waals surface area (Å²) in [5, 5.41) is 9.46. The van der Waals surface area contributed by atoms with E-state index in [0.29, 0.717) is 13.0 Å². The Labute approximate surface area is 120 Å². The van der Waals surface area contributed by atoms with Gasteiger partial charge in [0.1, 0.15) is 4.90 Å². The summed E-state index contributed by atoms with van der Waals surface area (Å²) in [5.74, 6) is 0.201. The lowest BCUT2D eigenvalue weighted by Crippen LogP contribution is -2.29. The van der Waals surface area contributed by atoms with Crippen molar-refractivity contribution < 1.29 is 13.5 Å². The molecule has 5 nitrogen and oxygen atoms in total. The standard InChI is InChI=1S/C14H22N2O3S/c1-9-5-13(15)14(6-10(9)2)20(18,19)16-8-11-3-4-12(17)7-11/h5-6,11-12,16-17H,3-4,7-8,15H2,1-2H3. The summed E-state index contributed by atoms with van der Waals surface area (Å²) in [4.78, 5) is 0.138. The zero-order chi connectivity index (χ0) is 14.9. The third-order valence-corrected chi connectivity index (χ3v) is 5.47. The Kier molecular flexibility index (Phi) is 4.36. The van der Waals surface area contributed by atoms with Gasteiger partial charge < -0.3 is 10.8 Å². The van der Waals surface area contributed by atoms with Crippen LogP contribution in [0.5, 0.6) is 0 Å². The number of nitrogens with two attached hydrogens (primary N) is 1. The third kappa shape index (κ3) is 3.31. The lowest BCUT2D eigenvalue weighted by atomic mass is 10.1. The van der Waals surface area contributed by atoms with Crippen molar-refractivity contribution in [2.75, 3.05) is 12.3 Å². The highest BCUT2D eigenvalue weighted by atomic mass is 32.2. The maximum atomic E-state index is 12.3. The van der Waals surface area contributed by atoms with Crippen molar-refractivity contribution in [3.8, 4) is 0 Å². The largest absolute Gasteiger partial charge is 0.398 e. The number of nitrogen functional groups attached to an aromatic ring is 1. The molecule has 0 aromatic heterocycles. The van der Waals surface area contributed by atoms with Gasteiger partial charge in [-0.3, -0.25) is 0 Å². The van der Waals surface area contributed by atoms with Crippen LogP contribution in [-0.4, -0.2) is 26.2 Å². The van der Waals surface area contributed by atoms with E-state index in [2.05, 4.69) is 4.72 Å². The summed E-state index contributed by atoms with van der Waals surface area (Å²) >= 11 is 0. The summed E-state index contributed by atoms with van der Waals surface area (Å²) in [5.41, 5.74) is 7.96. The maximum absolute atomic E-state index is 12.3. The van der Waals surface area contributed by atoms with Crippen molar-refractivity contribution >= 4 is 15.7 Å². The van der Waals surface area contributed by atoms with Crippen LogP contribution in [0.2, 0.25) is 0 Å². The average molecular weight is 298 g/mol. The SMILES string of the molecule is Cc1cc(N)c(S(=O)(=O)NCC2CCC(O)C2)cc1C. The number of sulfonamides is 1. The monoisotopic (exact) mass is 298 g/mol. The van der Waals surface area contributed by atoms with Crippen LogP contribution in [0.15, 0.2) is 17.0 Å². The van der Waals surface area contributed by atoms with Crippen LogP contribution in [0.1, 0.15) is 30.4 Å². The van der Waals surface area contributed by atoms with E-state index in [0.717, 1.165) is 24.0 Å². The lowest BCUT2D eigenvalue weighted by Gasteiger charge is -2.14. The molecule has 1 saturated carbocycles. The van der Waals surface area contributed by atoms with Gasteiger partial charge in [0.25, 0.3) is 0 Å². The number of hydrogen-bond donors (Lipinski definition) is 3. The van der Waals surface area contributed by atoms with E-state index in [1.807, 2.05) is 13.8 Å². The first-order valence-corrected chi connectivity index (χ1v) is 8.32. The molecule has 2 unspecified atom stereocenters. The second-order valence-electron chi connectivity index (χ2n) is 5.66. The Bertz CT molecular complexity index is 599. The molecule has 0 amide bonds. The topological polar surface area (TPSA) is 92.4 Å². The molecule has 1 aliphatic carbocycles. The zero-order valence-corrected chi connectivity index (χ0v) is 12.7. The molecule has 0 heterocycles. The number of anilines is 1. The molecule has 0 bridgehead atoms. The molecule has 0 spiro atoms. The summed E-state index contributed by atoms with van der Waals surface area (Å²) in [6.07, 6.45) is 1.96. The summed E-state index contributed by atoms with van der Waals surface area (Å²) in [7, 11) is -3.59. The van der Waals surface area contributed by atoms with Crippen LogP contribution in [-0.2, 0) is 10.0 Å². The van der Waals surface area contributed by atoms with Crippen LogP contribution in [0, 0.1) is 19.8 Å². The highest BCUT2D eigenvalue weighted by Crippen LogP contribution is 2.26. The van der Waals surface area contributed by atoms with E-state index in [1.54, 1.807) is 12.1 Å². The fourth-order valence-electron chi connectivity index (χ4n) is 2.58. The van der Waals surface area contributed by atoms with E-state index in [4.69, 9.17) is 5.73 Å². The van der Waals surface area contributed by atoms with Crippen LogP contribution < -0.4 is 10.5 Å². The minimum absolute atomic E-state index is 0.138. The van der Waals surface area contributed by atoms with Crippen LogP contribution in [0.3, 0.4) is 0 Å². The van der Waals surface area contributed by atoms with E-state index in [1.165, 1.54) is 0 Å². The summed E-state index contributed by atoms with van der Waals surface area (Å²) in [6.45, 7) is 4.11. The predicted octanol–water partition coefficient (Wildman–Crippen LogP) is 1.32. The number of nitrogens with one attached hydrogen (secondary N) is 1. The molecule has 1 aromatic rings. The highest BCUT2D eigenvalue weighted by Gasteiger charge is 2.25. The first-order valence-electron chi connectivity index (χ1n) is 6.84. The van der Waals surface area contributed by atoms with Crippen molar-refractivity contribution in [1.82, 2.24) is 4.72 Å². The van der Waals surface area contributed by atoms with Crippen molar-refractivity contribution in [2.45, 2.75) is 44.1 Å². The fraction of sp³-hybridized carbons (Fsp3) is 0.571. The summed E-state index contributed by atoms with van der Waals surface area (Å²) in [6, 6.07) is 3.29. The van der Waals surface area contributed by atoms with Crippen molar-refractivity contribution in [3.63, 3.8) is 0 Å². The van der Waals surface area contributed by atoms with Gasteiger partial charge in [-0.05, 0) is 62.3 Å². The molecule has 1 fully saturated rings. The predicted molar refractivity (Wildman–Crippen MR) is 78.9 cm³/mol. The molecular weight excluding hydrogens is 276 g/mol. The molecule has 20 heavy (non-hydrogen) atoms. The number of aliphatic hydroxyl groups is 1. The Balaban J connectivity index is 2.12.